The van der Waals surface area contributed by atoms with Gasteiger partial charge in [0, 0.05) is 22.4 Å². The summed E-state index contributed by atoms with van der Waals surface area (Å²) >= 11 is 0. The van der Waals surface area contributed by atoms with Crippen LogP contribution >= 0.6 is 0 Å². The van der Waals surface area contributed by atoms with E-state index in [1.807, 2.05) is 6.07 Å². The number of nitrogens with zero attached hydrogens (tertiary/aromatic N) is 2. The molecule has 1 spiro atoms. The summed E-state index contributed by atoms with van der Waals surface area (Å²) in [6, 6.07) is 13.1. The van der Waals surface area contributed by atoms with Gasteiger partial charge in [0.25, 0.3) is 0 Å². The van der Waals surface area contributed by atoms with Crippen molar-refractivity contribution in [2.45, 2.75) is 31.8 Å². The molecular formula is C20H19N2O+. The number of quaternary nitrogens is 1. The molecule has 0 N–H and O–H groups in total. The summed E-state index contributed by atoms with van der Waals surface area (Å²) in [5.41, 5.74) is 5.15. The van der Waals surface area contributed by atoms with Crippen LogP contribution in [0.1, 0.15) is 25.8 Å². The first-order chi connectivity index (χ1) is 11.2. The fourth-order valence-electron chi connectivity index (χ4n) is 5.29. The van der Waals surface area contributed by atoms with E-state index < -0.39 is 0 Å². The monoisotopic (exact) mass is 303 g/mol. The summed E-state index contributed by atoms with van der Waals surface area (Å²) in [6.07, 6.45) is 6.37. The maximum atomic E-state index is 6.15. The number of para-hydroxylation sites is 1. The molecule has 7 rings (SSSR count). The number of hydrogen-bond donors (Lipinski definition) is 0. The molecule has 3 nitrogen and oxygen atoms in total. The van der Waals surface area contributed by atoms with E-state index >= 15 is 0 Å². The molecule has 0 amide bonds. The van der Waals surface area contributed by atoms with Gasteiger partial charge in [-0.1, -0.05) is 25.1 Å². The minimum absolute atomic E-state index is 0.185. The van der Waals surface area contributed by atoms with Crippen molar-refractivity contribution in [3.8, 4) is 0 Å². The molecular weight excluding hydrogens is 284 g/mol. The SMILES string of the molecule is CCC1(C)c2cc3oc4ccccc4c3cc2[N+]23C=CN(C2)C13. The molecule has 0 radical (unpaired) electrons. The number of hydrogen-bond acceptors (Lipinski definition) is 2. The van der Waals surface area contributed by atoms with Gasteiger partial charge < -0.3 is 4.42 Å². The van der Waals surface area contributed by atoms with E-state index in [0.717, 1.165) is 28.7 Å². The predicted octanol–water partition coefficient (Wildman–Crippen LogP) is 4.66. The van der Waals surface area contributed by atoms with Gasteiger partial charge in [-0.05, 0) is 25.5 Å². The second-order valence-electron chi connectivity index (χ2n) is 7.49. The van der Waals surface area contributed by atoms with Crippen LogP contribution in [0, 0.1) is 0 Å². The highest BCUT2D eigenvalue weighted by atomic mass is 16.3. The average Bonchev–Trinajstić information content (AvgIpc) is 3.26. The Morgan fingerprint density at radius 1 is 1.22 bits per heavy atom. The Morgan fingerprint density at radius 2 is 2.09 bits per heavy atom. The molecule has 1 aromatic heterocycles. The largest absolute Gasteiger partial charge is 0.456 e. The Labute approximate surface area is 135 Å². The van der Waals surface area contributed by atoms with Crippen molar-refractivity contribution in [2.24, 2.45) is 0 Å². The number of furan rings is 1. The standard InChI is InChI=1S/C20H19N2O/c1-3-20(2)15-11-18-14(13-6-4-5-7-17(13)23-18)10-16(15)22-9-8-21(12-22)19(20)22/h4-11,19H,3,12H2,1-2H3/q+1. The Hall–Kier alpha value is -2.26. The summed E-state index contributed by atoms with van der Waals surface area (Å²) in [7, 11) is 0. The first kappa shape index (κ1) is 12.2. The van der Waals surface area contributed by atoms with Crippen molar-refractivity contribution in [1.82, 2.24) is 9.38 Å². The Balaban J connectivity index is 1.75. The van der Waals surface area contributed by atoms with Crippen molar-refractivity contribution in [3.05, 3.63) is 54.4 Å². The fourth-order valence-corrected chi connectivity index (χ4v) is 5.29. The zero-order valence-corrected chi connectivity index (χ0v) is 13.4. The zero-order chi connectivity index (χ0) is 15.4. The van der Waals surface area contributed by atoms with Crippen molar-refractivity contribution < 1.29 is 4.42 Å². The molecule has 1 saturated heterocycles. The second-order valence-corrected chi connectivity index (χ2v) is 7.49. The number of benzene rings is 2. The second kappa shape index (κ2) is 3.46. The molecule has 3 aromatic rings. The molecule has 4 aliphatic rings. The molecule has 0 saturated carbocycles. The Kier molecular flexibility index (Phi) is 1.84. The van der Waals surface area contributed by atoms with Gasteiger partial charge in [0.2, 0.25) is 0 Å². The van der Waals surface area contributed by atoms with Gasteiger partial charge in [0.1, 0.15) is 23.1 Å². The lowest BCUT2D eigenvalue weighted by Gasteiger charge is -2.50. The summed E-state index contributed by atoms with van der Waals surface area (Å²) in [4.78, 5) is 2.50. The maximum absolute atomic E-state index is 6.15. The number of rotatable bonds is 1. The topological polar surface area (TPSA) is 16.4 Å². The van der Waals surface area contributed by atoms with Crippen molar-refractivity contribution in [2.75, 3.05) is 6.67 Å². The van der Waals surface area contributed by atoms with Crippen molar-refractivity contribution in [3.63, 3.8) is 0 Å². The van der Waals surface area contributed by atoms with Gasteiger partial charge in [-0.15, -0.1) is 0 Å². The highest BCUT2D eigenvalue weighted by Gasteiger charge is 2.70. The molecule has 114 valence electrons. The third-order valence-electron chi connectivity index (χ3n) is 6.54. The van der Waals surface area contributed by atoms with Gasteiger partial charge in [-0.25, -0.2) is 4.48 Å². The van der Waals surface area contributed by atoms with Crippen LogP contribution in [-0.4, -0.2) is 17.7 Å². The third-order valence-corrected chi connectivity index (χ3v) is 6.54. The van der Waals surface area contributed by atoms with Crippen LogP contribution in [0.3, 0.4) is 0 Å². The summed E-state index contributed by atoms with van der Waals surface area (Å²) in [6.45, 7) is 5.83. The van der Waals surface area contributed by atoms with Gasteiger partial charge in [-0.3, -0.25) is 4.90 Å². The van der Waals surface area contributed by atoms with E-state index in [0.29, 0.717) is 6.17 Å². The van der Waals surface area contributed by atoms with Gasteiger partial charge in [0.15, 0.2) is 12.8 Å². The van der Waals surface area contributed by atoms with Crippen LogP contribution in [-0.2, 0) is 5.41 Å². The molecule has 4 aliphatic heterocycles. The molecule has 2 bridgehead atoms. The Morgan fingerprint density at radius 3 is 2.91 bits per heavy atom. The smallest absolute Gasteiger partial charge is 0.189 e. The average molecular weight is 303 g/mol. The van der Waals surface area contributed by atoms with Crippen LogP contribution in [0.5, 0.6) is 0 Å². The molecule has 5 heterocycles. The van der Waals surface area contributed by atoms with Crippen LogP contribution in [0.4, 0.5) is 5.69 Å². The zero-order valence-electron chi connectivity index (χ0n) is 13.4. The van der Waals surface area contributed by atoms with Crippen LogP contribution in [0.2, 0.25) is 0 Å². The Bertz CT molecular complexity index is 1030. The molecule has 3 unspecified atom stereocenters. The summed E-state index contributed by atoms with van der Waals surface area (Å²) in [5, 5.41) is 2.48. The minimum atomic E-state index is 0.185. The van der Waals surface area contributed by atoms with Gasteiger partial charge in [-0.2, -0.15) is 0 Å². The normalized spacial score (nSPS) is 33.3. The van der Waals surface area contributed by atoms with Crippen LogP contribution < -0.4 is 4.48 Å². The molecule has 3 heteroatoms. The van der Waals surface area contributed by atoms with Crippen LogP contribution in [0.15, 0.2) is 53.2 Å². The highest BCUT2D eigenvalue weighted by molar-refractivity contribution is 6.06. The quantitative estimate of drug-likeness (QED) is 0.608. The van der Waals surface area contributed by atoms with Crippen molar-refractivity contribution >= 4 is 27.6 Å². The van der Waals surface area contributed by atoms with E-state index in [1.54, 1.807) is 0 Å². The molecule has 2 aromatic carbocycles. The summed E-state index contributed by atoms with van der Waals surface area (Å²) in [5.74, 6) is 0. The highest BCUT2D eigenvalue weighted by Crippen LogP contribution is 2.61. The molecule has 0 aliphatic carbocycles. The van der Waals surface area contributed by atoms with E-state index in [-0.39, 0.29) is 5.41 Å². The number of fused-ring (bicyclic) bond motifs is 4. The van der Waals surface area contributed by atoms with Gasteiger partial charge >= 0.3 is 0 Å². The van der Waals surface area contributed by atoms with E-state index in [9.17, 15) is 0 Å². The van der Waals surface area contributed by atoms with Gasteiger partial charge in [0.05, 0.1) is 11.6 Å². The minimum Gasteiger partial charge on any atom is -0.456 e. The van der Waals surface area contributed by atoms with E-state index in [2.05, 4.69) is 61.5 Å². The maximum Gasteiger partial charge on any atom is 0.189 e. The van der Waals surface area contributed by atoms with E-state index in [1.165, 1.54) is 22.0 Å². The van der Waals surface area contributed by atoms with E-state index in [4.69, 9.17) is 4.42 Å². The molecule has 3 atom stereocenters. The molecule has 1 fully saturated rings. The third kappa shape index (κ3) is 1.11. The first-order valence-corrected chi connectivity index (χ1v) is 8.46. The van der Waals surface area contributed by atoms with Crippen LogP contribution in [0.25, 0.3) is 21.9 Å². The van der Waals surface area contributed by atoms with Crippen molar-refractivity contribution in [1.29, 1.82) is 0 Å². The lowest BCUT2D eigenvalue weighted by molar-refractivity contribution is -0.0292. The summed E-state index contributed by atoms with van der Waals surface area (Å²) < 4.78 is 7.15. The first-order valence-electron chi connectivity index (χ1n) is 8.46. The molecule has 23 heavy (non-hydrogen) atoms. The lowest BCUT2D eigenvalue weighted by Crippen LogP contribution is -2.71. The fraction of sp³-hybridized carbons (Fsp3) is 0.300. The predicted molar refractivity (Wildman–Crippen MR) is 92.8 cm³/mol. The lowest BCUT2D eigenvalue weighted by atomic mass is 9.78.